The Bertz CT molecular complexity index is 542. The fourth-order valence-electron chi connectivity index (χ4n) is 2.19. The van der Waals surface area contributed by atoms with Gasteiger partial charge in [0.05, 0.1) is 0 Å². The predicted octanol–water partition coefficient (Wildman–Crippen LogP) is 2.43. The minimum absolute atomic E-state index is 0.258. The normalized spacial score (nSPS) is 16.6. The highest BCUT2D eigenvalue weighted by Crippen LogP contribution is 2.18. The van der Waals surface area contributed by atoms with E-state index in [0.717, 1.165) is 11.3 Å². The molecular weight excluding hydrogens is 254 g/mol. The smallest absolute Gasteiger partial charge is 0.175 e. The van der Waals surface area contributed by atoms with Crippen LogP contribution in [0.5, 0.6) is 0 Å². The number of hydrogen-bond donors (Lipinski definition) is 1. The molecule has 0 amide bonds. The van der Waals surface area contributed by atoms with Crippen LogP contribution in [0.25, 0.3) is 0 Å². The molecule has 1 N–H and O–H groups in total. The Morgan fingerprint density at radius 3 is 2.35 bits per heavy atom. The van der Waals surface area contributed by atoms with Gasteiger partial charge in [0.15, 0.2) is 17.3 Å². The van der Waals surface area contributed by atoms with Crippen LogP contribution in [0.3, 0.4) is 0 Å². The van der Waals surface area contributed by atoms with E-state index in [1.807, 2.05) is 31.2 Å². The van der Waals surface area contributed by atoms with Crippen LogP contribution < -0.4 is 5.32 Å². The highest BCUT2D eigenvalue weighted by molar-refractivity contribution is 6.23. The average Bonchev–Trinajstić information content (AvgIpc) is 2.41. The molecule has 0 saturated heterocycles. The Labute approximate surface area is 117 Å². The quantitative estimate of drug-likeness (QED) is 0.675. The molecule has 2 rings (SSSR count). The van der Waals surface area contributed by atoms with Gasteiger partial charge in [0.25, 0.3) is 0 Å². The molecule has 0 spiro atoms. The molecule has 0 heterocycles. The maximum atomic E-state index is 11.9. The first-order valence-electron chi connectivity index (χ1n) is 6.67. The van der Waals surface area contributed by atoms with Crippen molar-refractivity contribution in [3.05, 3.63) is 42.1 Å². The summed E-state index contributed by atoms with van der Waals surface area (Å²) < 4.78 is 0. The van der Waals surface area contributed by atoms with Crippen molar-refractivity contribution in [2.24, 2.45) is 5.92 Å². The highest BCUT2D eigenvalue weighted by atomic mass is 16.2. The highest BCUT2D eigenvalue weighted by Gasteiger charge is 2.34. The number of allylic oxidation sites excluding steroid dienone is 1. The summed E-state index contributed by atoms with van der Waals surface area (Å²) in [7, 11) is 0. The van der Waals surface area contributed by atoms with Crippen molar-refractivity contribution in [1.29, 1.82) is 0 Å². The molecule has 4 nitrogen and oxygen atoms in total. The van der Waals surface area contributed by atoms with Crippen molar-refractivity contribution < 1.29 is 14.4 Å². The fraction of sp³-hybridized carbons (Fsp3) is 0.312. The van der Waals surface area contributed by atoms with E-state index in [-0.39, 0.29) is 11.6 Å². The van der Waals surface area contributed by atoms with Gasteiger partial charge in [0.1, 0.15) is 5.92 Å². The van der Waals surface area contributed by atoms with Crippen molar-refractivity contribution in [2.45, 2.75) is 26.2 Å². The molecule has 1 aromatic rings. The number of ketones is 3. The van der Waals surface area contributed by atoms with Gasteiger partial charge in [0, 0.05) is 24.7 Å². The third-order valence-corrected chi connectivity index (χ3v) is 3.32. The molecule has 104 valence electrons. The topological polar surface area (TPSA) is 63.2 Å². The summed E-state index contributed by atoms with van der Waals surface area (Å²) in [6.07, 6.45) is 3.95. The SMILES string of the molecule is Cc1ccc(NC=CC(=O)C2C(=O)CCCC2=O)cc1. The summed E-state index contributed by atoms with van der Waals surface area (Å²) in [5.41, 5.74) is 2.00. The van der Waals surface area contributed by atoms with E-state index in [1.54, 1.807) is 0 Å². The zero-order valence-corrected chi connectivity index (χ0v) is 11.4. The molecule has 1 saturated carbocycles. The number of benzene rings is 1. The summed E-state index contributed by atoms with van der Waals surface area (Å²) in [5.74, 6) is -2.03. The van der Waals surface area contributed by atoms with Gasteiger partial charge in [-0.05, 0) is 31.6 Å². The molecule has 1 aliphatic carbocycles. The van der Waals surface area contributed by atoms with Crippen molar-refractivity contribution in [3.8, 4) is 0 Å². The summed E-state index contributed by atoms with van der Waals surface area (Å²) in [6, 6.07) is 7.68. The van der Waals surface area contributed by atoms with Gasteiger partial charge in [-0.2, -0.15) is 0 Å². The lowest BCUT2D eigenvalue weighted by molar-refractivity contribution is -0.140. The van der Waals surface area contributed by atoms with E-state index in [1.165, 1.54) is 12.3 Å². The van der Waals surface area contributed by atoms with Gasteiger partial charge in [0.2, 0.25) is 0 Å². The zero-order chi connectivity index (χ0) is 14.5. The average molecular weight is 271 g/mol. The number of carbonyl (C=O) groups excluding carboxylic acids is 3. The molecule has 1 aromatic carbocycles. The van der Waals surface area contributed by atoms with Crippen LogP contribution in [-0.2, 0) is 14.4 Å². The minimum atomic E-state index is -1.08. The van der Waals surface area contributed by atoms with Gasteiger partial charge in [-0.1, -0.05) is 17.7 Å². The van der Waals surface area contributed by atoms with Crippen LogP contribution in [0.1, 0.15) is 24.8 Å². The first-order chi connectivity index (χ1) is 9.58. The number of nitrogens with one attached hydrogen (secondary N) is 1. The number of Topliss-reactive ketones (excluding diaryl/α,β-unsaturated/α-hetero) is 2. The van der Waals surface area contributed by atoms with Crippen LogP contribution in [0.4, 0.5) is 5.69 Å². The summed E-state index contributed by atoms with van der Waals surface area (Å²) >= 11 is 0. The summed E-state index contributed by atoms with van der Waals surface area (Å²) in [5, 5.41) is 2.95. The number of aryl methyl sites for hydroxylation is 1. The molecule has 20 heavy (non-hydrogen) atoms. The maximum absolute atomic E-state index is 11.9. The van der Waals surface area contributed by atoms with E-state index >= 15 is 0 Å². The molecule has 4 heteroatoms. The van der Waals surface area contributed by atoms with Crippen molar-refractivity contribution in [2.75, 3.05) is 5.32 Å². The lowest BCUT2D eigenvalue weighted by Gasteiger charge is -2.16. The molecule has 0 aliphatic heterocycles. The second kappa shape index (κ2) is 6.28. The van der Waals surface area contributed by atoms with E-state index in [9.17, 15) is 14.4 Å². The number of rotatable bonds is 4. The zero-order valence-electron chi connectivity index (χ0n) is 11.4. The molecule has 0 atom stereocenters. The lowest BCUT2D eigenvalue weighted by Crippen LogP contribution is -2.34. The molecule has 1 fully saturated rings. The Morgan fingerprint density at radius 2 is 1.75 bits per heavy atom. The van der Waals surface area contributed by atoms with E-state index in [0.29, 0.717) is 19.3 Å². The summed E-state index contributed by atoms with van der Waals surface area (Å²) in [4.78, 5) is 35.1. The van der Waals surface area contributed by atoms with Crippen molar-refractivity contribution >= 4 is 23.0 Å². The number of carbonyl (C=O) groups is 3. The first kappa shape index (κ1) is 14.2. The van der Waals surface area contributed by atoms with Gasteiger partial charge in [-0.3, -0.25) is 14.4 Å². The van der Waals surface area contributed by atoms with Crippen molar-refractivity contribution in [3.63, 3.8) is 0 Å². The maximum Gasteiger partial charge on any atom is 0.175 e. The fourth-order valence-corrected chi connectivity index (χ4v) is 2.19. The third-order valence-electron chi connectivity index (χ3n) is 3.32. The molecule has 1 aliphatic rings. The lowest BCUT2D eigenvalue weighted by atomic mass is 9.84. The molecule has 0 unspecified atom stereocenters. The number of hydrogen-bond acceptors (Lipinski definition) is 4. The Morgan fingerprint density at radius 1 is 1.15 bits per heavy atom. The van der Waals surface area contributed by atoms with Crippen LogP contribution in [0.15, 0.2) is 36.5 Å². The van der Waals surface area contributed by atoms with Crippen LogP contribution in [-0.4, -0.2) is 17.3 Å². The second-order valence-electron chi connectivity index (χ2n) is 4.97. The van der Waals surface area contributed by atoms with E-state index < -0.39 is 11.7 Å². The van der Waals surface area contributed by atoms with Crippen LogP contribution in [0, 0.1) is 12.8 Å². The molecule has 0 bridgehead atoms. The monoisotopic (exact) mass is 271 g/mol. The largest absolute Gasteiger partial charge is 0.362 e. The van der Waals surface area contributed by atoms with Gasteiger partial charge < -0.3 is 5.32 Å². The Balaban J connectivity index is 1.96. The predicted molar refractivity (Wildman–Crippen MR) is 76.3 cm³/mol. The molecular formula is C16H17NO3. The first-order valence-corrected chi connectivity index (χ1v) is 6.67. The van der Waals surface area contributed by atoms with E-state index in [2.05, 4.69) is 5.32 Å². The molecule has 0 radical (unpaired) electrons. The minimum Gasteiger partial charge on any atom is -0.362 e. The van der Waals surface area contributed by atoms with Gasteiger partial charge in [-0.15, -0.1) is 0 Å². The van der Waals surface area contributed by atoms with Crippen LogP contribution >= 0.6 is 0 Å². The van der Waals surface area contributed by atoms with E-state index in [4.69, 9.17) is 0 Å². The van der Waals surface area contributed by atoms with Crippen LogP contribution in [0.2, 0.25) is 0 Å². The van der Waals surface area contributed by atoms with Gasteiger partial charge >= 0.3 is 0 Å². The second-order valence-corrected chi connectivity index (χ2v) is 4.97. The van der Waals surface area contributed by atoms with Crippen molar-refractivity contribution in [1.82, 2.24) is 0 Å². The van der Waals surface area contributed by atoms with Gasteiger partial charge in [-0.25, -0.2) is 0 Å². The summed E-state index contributed by atoms with van der Waals surface area (Å²) in [6.45, 7) is 1.99. The standard InChI is InChI=1S/C16H17NO3/c1-11-5-7-12(8-6-11)17-10-9-15(20)16-13(18)3-2-4-14(16)19/h5-10,16-17H,2-4H2,1H3. The number of anilines is 1. The Hall–Kier alpha value is -2.23. The molecule has 0 aromatic heterocycles. The Kier molecular flexibility index (Phi) is 4.45. The third kappa shape index (κ3) is 3.41.